The fourth-order valence-corrected chi connectivity index (χ4v) is 3.07. The van der Waals surface area contributed by atoms with E-state index in [0.29, 0.717) is 11.9 Å². The van der Waals surface area contributed by atoms with E-state index in [2.05, 4.69) is 65.1 Å². The summed E-state index contributed by atoms with van der Waals surface area (Å²) in [6.45, 7) is 13.9. The normalized spacial score (nSPS) is 16.5. The molecule has 0 atom stereocenters. The van der Waals surface area contributed by atoms with E-state index in [9.17, 15) is 0 Å². The Bertz CT molecular complexity index is 533. The van der Waals surface area contributed by atoms with Gasteiger partial charge in [0.2, 0.25) is 0 Å². The molecule has 0 bridgehead atoms. The summed E-state index contributed by atoms with van der Waals surface area (Å²) < 4.78 is 0. The van der Waals surface area contributed by atoms with Gasteiger partial charge in [0.05, 0.1) is 0 Å². The van der Waals surface area contributed by atoms with Crippen molar-refractivity contribution < 1.29 is 0 Å². The smallest absolute Gasteiger partial charge is 0.188 e. The number of nitrogens with one attached hydrogen (secondary N) is 1. The zero-order chi connectivity index (χ0) is 18.1. The molecule has 0 unspecified atom stereocenters. The standard InChI is InChI=1S/C20H35N5/c1-17(2)16-23-20(21)22-9-4-5-10-24-11-13-25(14-12-24)19-8-6-7-18(3)15-19/h6-8,15,17H,4-5,9-14,16H2,1-3H3,(H3,21,22,23). The molecular weight excluding hydrogens is 310 g/mol. The van der Waals surface area contributed by atoms with Gasteiger partial charge in [-0.1, -0.05) is 26.0 Å². The number of unbranched alkanes of at least 4 members (excludes halogenated alkanes) is 1. The topological polar surface area (TPSA) is 56.9 Å². The molecular formula is C20H35N5. The molecule has 0 spiro atoms. The van der Waals surface area contributed by atoms with Crippen LogP contribution in [0.15, 0.2) is 29.3 Å². The minimum absolute atomic E-state index is 0.554. The number of nitrogens with zero attached hydrogens (tertiary/aromatic N) is 3. The van der Waals surface area contributed by atoms with Crippen LogP contribution in [0.4, 0.5) is 5.69 Å². The molecule has 140 valence electrons. The molecule has 0 amide bonds. The molecule has 5 nitrogen and oxygen atoms in total. The highest BCUT2D eigenvalue weighted by molar-refractivity contribution is 5.77. The first kappa shape index (κ1) is 19.6. The van der Waals surface area contributed by atoms with Gasteiger partial charge in [-0.3, -0.25) is 9.89 Å². The van der Waals surface area contributed by atoms with Crippen LogP contribution in [0.25, 0.3) is 0 Å². The Kier molecular flexibility index (Phi) is 8.06. The summed E-state index contributed by atoms with van der Waals surface area (Å²) in [5, 5.41) is 3.21. The van der Waals surface area contributed by atoms with Gasteiger partial charge >= 0.3 is 0 Å². The molecule has 1 fully saturated rings. The molecule has 0 saturated carbocycles. The lowest BCUT2D eigenvalue weighted by Crippen LogP contribution is -2.46. The van der Waals surface area contributed by atoms with Crippen molar-refractivity contribution in [2.45, 2.75) is 33.6 Å². The van der Waals surface area contributed by atoms with Crippen LogP contribution >= 0.6 is 0 Å². The van der Waals surface area contributed by atoms with Gasteiger partial charge in [-0.15, -0.1) is 0 Å². The molecule has 5 heteroatoms. The maximum Gasteiger partial charge on any atom is 0.188 e. The van der Waals surface area contributed by atoms with Crippen molar-refractivity contribution in [2.75, 3.05) is 50.7 Å². The SMILES string of the molecule is Cc1cccc(N2CCN(CCCCNC(N)=NCC(C)C)CC2)c1. The summed E-state index contributed by atoms with van der Waals surface area (Å²) in [5.74, 6) is 1.14. The van der Waals surface area contributed by atoms with Crippen molar-refractivity contribution in [1.82, 2.24) is 10.2 Å². The summed E-state index contributed by atoms with van der Waals surface area (Å²) in [6, 6.07) is 8.82. The highest BCUT2D eigenvalue weighted by Crippen LogP contribution is 2.17. The zero-order valence-corrected chi connectivity index (χ0v) is 16.2. The molecule has 2 rings (SSSR count). The molecule has 25 heavy (non-hydrogen) atoms. The Morgan fingerprint density at radius 2 is 1.96 bits per heavy atom. The van der Waals surface area contributed by atoms with E-state index >= 15 is 0 Å². The van der Waals surface area contributed by atoms with E-state index < -0.39 is 0 Å². The number of hydrogen-bond acceptors (Lipinski definition) is 3. The van der Waals surface area contributed by atoms with Crippen molar-refractivity contribution in [3.8, 4) is 0 Å². The number of piperazine rings is 1. The summed E-state index contributed by atoms with van der Waals surface area (Å²) in [4.78, 5) is 9.39. The van der Waals surface area contributed by atoms with E-state index in [4.69, 9.17) is 5.73 Å². The first-order valence-electron chi connectivity index (χ1n) is 9.62. The second kappa shape index (κ2) is 10.3. The zero-order valence-electron chi connectivity index (χ0n) is 16.2. The van der Waals surface area contributed by atoms with Crippen molar-refractivity contribution in [3.63, 3.8) is 0 Å². The average Bonchev–Trinajstić information content (AvgIpc) is 2.60. The van der Waals surface area contributed by atoms with Crippen LogP contribution in [-0.2, 0) is 0 Å². The number of nitrogens with two attached hydrogens (primary N) is 1. The Morgan fingerprint density at radius 3 is 2.64 bits per heavy atom. The van der Waals surface area contributed by atoms with Gasteiger partial charge in [0.25, 0.3) is 0 Å². The number of benzene rings is 1. The van der Waals surface area contributed by atoms with Crippen LogP contribution in [0.5, 0.6) is 0 Å². The largest absolute Gasteiger partial charge is 0.370 e. The molecule has 1 saturated heterocycles. The fourth-order valence-electron chi connectivity index (χ4n) is 3.07. The van der Waals surface area contributed by atoms with Crippen molar-refractivity contribution in [1.29, 1.82) is 0 Å². The molecule has 1 aliphatic heterocycles. The molecule has 1 aromatic carbocycles. The molecule has 0 aliphatic carbocycles. The van der Waals surface area contributed by atoms with Gasteiger partial charge in [-0.05, 0) is 49.9 Å². The highest BCUT2D eigenvalue weighted by Gasteiger charge is 2.16. The van der Waals surface area contributed by atoms with Gasteiger partial charge in [0, 0.05) is 45.0 Å². The lowest BCUT2D eigenvalue weighted by molar-refractivity contribution is 0.253. The van der Waals surface area contributed by atoms with Crippen LogP contribution in [0.2, 0.25) is 0 Å². The second-order valence-corrected chi connectivity index (χ2v) is 7.42. The first-order chi connectivity index (χ1) is 12.0. The minimum Gasteiger partial charge on any atom is -0.370 e. The maximum absolute atomic E-state index is 5.85. The molecule has 3 N–H and O–H groups in total. The van der Waals surface area contributed by atoms with Gasteiger partial charge in [0.1, 0.15) is 0 Å². The average molecular weight is 346 g/mol. The van der Waals surface area contributed by atoms with Crippen LogP contribution in [0, 0.1) is 12.8 Å². The predicted octanol–water partition coefficient (Wildman–Crippen LogP) is 2.46. The fraction of sp³-hybridized carbons (Fsp3) is 0.650. The van der Waals surface area contributed by atoms with E-state index in [0.717, 1.165) is 45.7 Å². The molecule has 1 heterocycles. The van der Waals surface area contributed by atoms with E-state index in [-0.39, 0.29) is 0 Å². The number of rotatable bonds is 8. The third-order valence-electron chi connectivity index (χ3n) is 4.57. The van der Waals surface area contributed by atoms with E-state index in [1.807, 2.05) is 0 Å². The third-order valence-corrected chi connectivity index (χ3v) is 4.57. The van der Waals surface area contributed by atoms with E-state index in [1.165, 1.54) is 24.2 Å². The molecule has 1 aliphatic rings. The monoisotopic (exact) mass is 345 g/mol. The predicted molar refractivity (Wildman–Crippen MR) is 108 cm³/mol. The Morgan fingerprint density at radius 1 is 1.20 bits per heavy atom. The third kappa shape index (κ3) is 7.34. The minimum atomic E-state index is 0.554. The van der Waals surface area contributed by atoms with Crippen LogP contribution in [-0.4, -0.2) is 56.7 Å². The number of anilines is 1. The van der Waals surface area contributed by atoms with Gasteiger partial charge in [0.15, 0.2) is 5.96 Å². The van der Waals surface area contributed by atoms with Crippen LogP contribution in [0.1, 0.15) is 32.3 Å². The molecule has 0 radical (unpaired) electrons. The maximum atomic E-state index is 5.85. The van der Waals surface area contributed by atoms with Crippen molar-refractivity contribution >= 4 is 11.6 Å². The number of aryl methyl sites for hydroxylation is 1. The Labute approximate surface area is 153 Å². The summed E-state index contributed by atoms with van der Waals surface area (Å²) >= 11 is 0. The summed E-state index contributed by atoms with van der Waals surface area (Å²) in [6.07, 6.45) is 2.34. The van der Waals surface area contributed by atoms with Crippen LogP contribution in [0.3, 0.4) is 0 Å². The number of aliphatic imine (C=N–C) groups is 1. The number of guanidine groups is 1. The quantitative estimate of drug-likeness (QED) is 0.432. The lowest BCUT2D eigenvalue weighted by Gasteiger charge is -2.36. The van der Waals surface area contributed by atoms with Crippen molar-refractivity contribution in [3.05, 3.63) is 29.8 Å². The number of hydrogen-bond donors (Lipinski definition) is 2. The molecule has 0 aromatic heterocycles. The van der Waals surface area contributed by atoms with Gasteiger partial charge < -0.3 is 16.0 Å². The Hall–Kier alpha value is -1.75. The van der Waals surface area contributed by atoms with E-state index in [1.54, 1.807) is 0 Å². The summed E-state index contributed by atoms with van der Waals surface area (Å²) in [5.41, 5.74) is 8.55. The molecule has 1 aromatic rings. The first-order valence-corrected chi connectivity index (χ1v) is 9.62. The Balaban J connectivity index is 1.57. The van der Waals surface area contributed by atoms with Crippen LogP contribution < -0.4 is 16.0 Å². The summed E-state index contributed by atoms with van der Waals surface area (Å²) in [7, 11) is 0. The highest BCUT2D eigenvalue weighted by atomic mass is 15.3. The lowest BCUT2D eigenvalue weighted by atomic mass is 10.2. The van der Waals surface area contributed by atoms with Gasteiger partial charge in [-0.25, -0.2) is 0 Å². The second-order valence-electron chi connectivity index (χ2n) is 7.42. The van der Waals surface area contributed by atoms with Gasteiger partial charge in [-0.2, -0.15) is 0 Å². The van der Waals surface area contributed by atoms with Crippen molar-refractivity contribution in [2.24, 2.45) is 16.6 Å².